The van der Waals surface area contributed by atoms with Crippen molar-refractivity contribution in [3.05, 3.63) is 17.2 Å². The highest BCUT2D eigenvalue weighted by Gasteiger charge is 2.23. The Morgan fingerprint density at radius 3 is 2.65 bits per heavy atom. The van der Waals surface area contributed by atoms with E-state index in [1.54, 1.807) is 14.2 Å². The summed E-state index contributed by atoms with van der Waals surface area (Å²) in [5.41, 5.74) is 9.28. The Hall–Kier alpha value is -1.42. The van der Waals surface area contributed by atoms with Crippen molar-refractivity contribution >= 4 is 5.69 Å². The molecular weight excluding hydrogens is 216 g/mol. The molecule has 0 fully saturated rings. The minimum Gasteiger partial charge on any atom is -0.493 e. The van der Waals surface area contributed by atoms with E-state index in [4.69, 9.17) is 15.2 Å². The highest BCUT2D eigenvalue weighted by atomic mass is 16.5. The van der Waals surface area contributed by atoms with Crippen molar-refractivity contribution in [2.24, 2.45) is 0 Å². The van der Waals surface area contributed by atoms with Gasteiger partial charge in [0.2, 0.25) is 0 Å². The number of likely N-dealkylation sites (N-methyl/N-ethyl adjacent to an activating group) is 1. The Balaban J connectivity index is 2.51. The first-order valence-electron chi connectivity index (χ1n) is 5.95. The minimum atomic E-state index is 0.724. The third kappa shape index (κ3) is 2.05. The van der Waals surface area contributed by atoms with Crippen LogP contribution in [0.15, 0.2) is 6.07 Å². The lowest BCUT2D eigenvalue weighted by Gasteiger charge is -2.30. The number of nitrogens with two attached hydrogens (primary N) is 1. The van der Waals surface area contributed by atoms with E-state index in [0.717, 1.165) is 43.2 Å². The zero-order chi connectivity index (χ0) is 12.4. The monoisotopic (exact) mass is 236 g/mol. The van der Waals surface area contributed by atoms with Gasteiger partial charge in [0.05, 0.1) is 14.2 Å². The second-order valence-corrected chi connectivity index (χ2v) is 4.28. The highest BCUT2D eigenvalue weighted by molar-refractivity contribution is 5.64. The Labute approximate surface area is 102 Å². The molecule has 17 heavy (non-hydrogen) atoms. The van der Waals surface area contributed by atoms with Crippen molar-refractivity contribution in [1.29, 1.82) is 0 Å². The van der Waals surface area contributed by atoms with E-state index in [0.29, 0.717) is 0 Å². The lowest BCUT2D eigenvalue weighted by atomic mass is 9.96. The van der Waals surface area contributed by atoms with Gasteiger partial charge in [-0.1, -0.05) is 6.92 Å². The van der Waals surface area contributed by atoms with Crippen molar-refractivity contribution in [1.82, 2.24) is 4.90 Å². The summed E-state index contributed by atoms with van der Waals surface area (Å²) < 4.78 is 10.8. The smallest absolute Gasteiger partial charge is 0.165 e. The van der Waals surface area contributed by atoms with Crippen LogP contribution in [0, 0.1) is 0 Å². The van der Waals surface area contributed by atoms with E-state index in [1.807, 2.05) is 6.07 Å². The summed E-state index contributed by atoms with van der Waals surface area (Å²) >= 11 is 0. The van der Waals surface area contributed by atoms with Gasteiger partial charge >= 0.3 is 0 Å². The van der Waals surface area contributed by atoms with E-state index < -0.39 is 0 Å². The summed E-state index contributed by atoms with van der Waals surface area (Å²) in [5, 5.41) is 0. The zero-order valence-electron chi connectivity index (χ0n) is 10.7. The third-order valence-electron chi connectivity index (χ3n) is 3.43. The fourth-order valence-electron chi connectivity index (χ4n) is 2.43. The van der Waals surface area contributed by atoms with Gasteiger partial charge in [0, 0.05) is 30.4 Å². The van der Waals surface area contributed by atoms with E-state index in [2.05, 4.69) is 11.8 Å². The predicted octanol–water partition coefficient (Wildman–Crippen LogP) is 1.66. The molecule has 2 rings (SSSR count). The number of anilines is 1. The summed E-state index contributed by atoms with van der Waals surface area (Å²) in [5.74, 6) is 1.55. The molecule has 4 nitrogen and oxygen atoms in total. The van der Waals surface area contributed by atoms with Crippen molar-refractivity contribution < 1.29 is 9.47 Å². The van der Waals surface area contributed by atoms with Gasteiger partial charge in [0.15, 0.2) is 11.5 Å². The normalized spacial score (nSPS) is 15.5. The SMILES string of the molecule is CCN1CCc2c(N)cc(OC)c(OC)c2C1. The molecule has 4 heteroatoms. The van der Waals surface area contributed by atoms with Crippen LogP contribution >= 0.6 is 0 Å². The fourth-order valence-corrected chi connectivity index (χ4v) is 2.43. The van der Waals surface area contributed by atoms with Crippen molar-refractivity contribution in [3.63, 3.8) is 0 Å². The predicted molar refractivity (Wildman–Crippen MR) is 68.6 cm³/mol. The van der Waals surface area contributed by atoms with Crippen LogP contribution in [0.25, 0.3) is 0 Å². The van der Waals surface area contributed by atoms with Crippen LogP contribution in [0.2, 0.25) is 0 Å². The van der Waals surface area contributed by atoms with Crippen molar-refractivity contribution in [2.45, 2.75) is 19.9 Å². The molecule has 1 aliphatic heterocycles. The molecule has 0 spiro atoms. The van der Waals surface area contributed by atoms with Crippen LogP contribution in [-0.4, -0.2) is 32.2 Å². The number of methoxy groups -OCH3 is 2. The lowest BCUT2D eigenvalue weighted by molar-refractivity contribution is 0.259. The Kier molecular flexibility index (Phi) is 3.43. The molecule has 0 saturated heterocycles. The number of hydrogen-bond acceptors (Lipinski definition) is 4. The Morgan fingerprint density at radius 2 is 2.06 bits per heavy atom. The molecule has 0 unspecified atom stereocenters. The van der Waals surface area contributed by atoms with Gasteiger partial charge < -0.3 is 15.2 Å². The topological polar surface area (TPSA) is 47.7 Å². The van der Waals surface area contributed by atoms with Gasteiger partial charge in [-0.2, -0.15) is 0 Å². The van der Waals surface area contributed by atoms with Gasteiger partial charge in [-0.05, 0) is 18.5 Å². The molecule has 2 N–H and O–H groups in total. The molecule has 0 atom stereocenters. The van der Waals surface area contributed by atoms with Crippen LogP contribution in [-0.2, 0) is 13.0 Å². The number of fused-ring (bicyclic) bond motifs is 1. The molecule has 0 aromatic heterocycles. The van der Waals surface area contributed by atoms with Crippen LogP contribution < -0.4 is 15.2 Å². The molecule has 0 radical (unpaired) electrons. The Morgan fingerprint density at radius 1 is 1.29 bits per heavy atom. The second kappa shape index (κ2) is 4.84. The molecule has 0 amide bonds. The average Bonchev–Trinajstić information content (AvgIpc) is 2.37. The fraction of sp³-hybridized carbons (Fsp3) is 0.538. The number of nitrogens with zero attached hydrogens (tertiary/aromatic N) is 1. The van der Waals surface area contributed by atoms with Crippen LogP contribution in [0.5, 0.6) is 11.5 Å². The highest BCUT2D eigenvalue weighted by Crippen LogP contribution is 2.39. The maximum atomic E-state index is 6.07. The van der Waals surface area contributed by atoms with Crippen LogP contribution in [0.1, 0.15) is 18.1 Å². The van der Waals surface area contributed by atoms with Crippen molar-refractivity contribution in [3.8, 4) is 11.5 Å². The summed E-state index contributed by atoms with van der Waals surface area (Å²) in [4.78, 5) is 2.38. The number of hydrogen-bond donors (Lipinski definition) is 1. The Bertz CT molecular complexity index is 418. The minimum absolute atomic E-state index is 0.724. The molecule has 94 valence electrons. The van der Waals surface area contributed by atoms with Gasteiger partial charge in [-0.3, -0.25) is 4.90 Å². The molecular formula is C13H20N2O2. The number of rotatable bonds is 3. The first-order chi connectivity index (χ1) is 8.21. The molecule has 1 aromatic rings. The quantitative estimate of drug-likeness (QED) is 0.811. The van der Waals surface area contributed by atoms with Gasteiger partial charge in [-0.25, -0.2) is 0 Å². The maximum absolute atomic E-state index is 6.07. The summed E-state index contributed by atoms with van der Waals surface area (Å²) in [6.45, 7) is 5.15. The molecule has 0 saturated carbocycles. The van der Waals surface area contributed by atoms with Crippen molar-refractivity contribution in [2.75, 3.05) is 33.0 Å². The van der Waals surface area contributed by atoms with Gasteiger partial charge in [-0.15, -0.1) is 0 Å². The molecule has 0 bridgehead atoms. The van der Waals surface area contributed by atoms with Gasteiger partial charge in [0.25, 0.3) is 0 Å². The van der Waals surface area contributed by atoms with E-state index in [-0.39, 0.29) is 0 Å². The number of ether oxygens (including phenoxy) is 2. The van der Waals surface area contributed by atoms with Crippen LogP contribution in [0.4, 0.5) is 5.69 Å². The molecule has 0 aliphatic carbocycles. The first kappa shape index (κ1) is 12.0. The molecule has 1 aliphatic rings. The maximum Gasteiger partial charge on any atom is 0.165 e. The van der Waals surface area contributed by atoms with E-state index in [1.165, 1.54) is 11.1 Å². The molecule has 1 heterocycles. The van der Waals surface area contributed by atoms with Gasteiger partial charge in [0.1, 0.15) is 0 Å². The zero-order valence-corrected chi connectivity index (χ0v) is 10.7. The second-order valence-electron chi connectivity index (χ2n) is 4.28. The largest absolute Gasteiger partial charge is 0.493 e. The van der Waals surface area contributed by atoms with Crippen LogP contribution in [0.3, 0.4) is 0 Å². The lowest BCUT2D eigenvalue weighted by Crippen LogP contribution is -2.31. The molecule has 1 aromatic carbocycles. The third-order valence-corrected chi connectivity index (χ3v) is 3.43. The standard InChI is InChI=1S/C13H20N2O2/c1-4-15-6-5-9-10(8-15)13(17-3)12(16-2)7-11(9)14/h7H,4-6,8,14H2,1-3H3. The summed E-state index contributed by atoms with van der Waals surface area (Å²) in [6, 6.07) is 1.86. The first-order valence-corrected chi connectivity index (χ1v) is 5.95. The van der Waals surface area contributed by atoms with E-state index in [9.17, 15) is 0 Å². The number of benzene rings is 1. The summed E-state index contributed by atoms with van der Waals surface area (Å²) in [7, 11) is 3.32. The number of nitrogen functional groups attached to an aromatic ring is 1. The average molecular weight is 236 g/mol. The van der Waals surface area contributed by atoms with E-state index >= 15 is 0 Å². The summed E-state index contributed by atoms with van der Waals surface area (Å²) in [6.07, 6.45) is 0.982.